The van der Waals surface area contributed by atoms with Gasteiger partial charge in [-0.25, -0.2) is 9.97 Å². The highest BCUT2D eigenvalue weighted by Crippen LogP contribution is 2.45. The summed E-state index contributed by atoms with van der Waals surface area (Å²) in [7, 11) is 0. The molecular formula is C48H29N3O2. The van der Waals surface area contributed by atoms with Crippen LogP contribution in [0.5, 0.6) is 0 Å². The first kappa shape index (κ1) is 29.5. The van der Waals surface area contributed by atoms with Crippen LogP contribution in [0.3, 0.4) is 0 Å². The van der Waals surface area contributed by atoms with Crippen LogP contribution in [0.4, 0.5) is 17.1 Å². The molecule has 0 amide bonds. The molecule has 0 bridgehead atoms. The fraction of sp³-hybridized carbons (Fsp3) is 0. The predicted molar refractivity (Wildman–Crippen MR) is 217 cm³/mol. The number of furan rings is 2. The number of nitrogens with zero attached hydrogens (tertiary/aromatic N) is 3. The maximum absolute atomic E-state index is 6.80. The quantitative estimate of drug-likeness (QED) is 0.181. The Morgan fingerprint density at radius 1 is 0.396 bits per heavy atom. The van der Waals surface area contributed by atoms with Crippen LogP contribution < -0.4 is 4.90 Å². The Bertz CT molecular complexity index is 3180. The summed E-state index contributed by atoms with van der Waals surface area (Å²) in [5, 5.41) is 7.59. The third-order valence-corrected chi connectivity index (χ3v) is 10.2. The molecule has 3 aromatic heterocycles. The molecule has 0 radical (unpaired) electrons. The molecule has 53 heavy (non-hydrogen) atoms. The van der Waals surface area contributed by atoms with E-state index in [9.17, 15) is 0 Å². The van der Waals surface area contributed by atoms with Crippen LogP contribution in [-0.4, -0.2) is 9.97 Å². The lowest BCUT2D eigenvalue weighted by atomic mass is 10.0. The van der Waals surface area contributed by atoms with Gasteiger partial charge >= 0.3 is 0 Å². The molecule has 0 saturated heterocycles. The number of rotatable bonds is 5. The summed E-state index contributed by atoms with van der Waals surface area (Å²) in [6.45, 7) is 0. The largest absolute Gasteiger partial charge is 0.455 e. The molecule has 0 aliphatic carbocycles. The zero-order chi connectivity index (χ0) is 34.9. The molecule has 0 saturated carbocycles. The van der Waals surface area contributed by atoms with Gasteiger partial charge in [0.05, 0.1) is 5.69 Å². The monoisotopic (exact) mass is 679 g/mol. The minimum absolute atomic E-state index is 0.613. The summed E-state index contributed by atoms with van der Waals surface area (Å²) in [6, 6.07) is 61.0. The SMILES string of the molecule is c1ccc(-c2nc(-c3ccc4c(c3)oc3c5ccccc5c(N(c5ccccc5)c5ccc6ccccc6c5)cc43)nc3c2oc2ccccc23)cc1. The molecule has 8 aromatic carbocycles. The first-order valence-electron chi connectivity index (χ1n) is 17.7. The van der Waals surface area contributed by atoms with Crippen LogP contribution in [0.2, 0.25) is 0 Å². The summed E-state index contributed by atoms with van der Waals surface area (Å²) in [4.78, 5) is 12.6. The second-order valence-corrected chi connectivity index (χ2v) is 13.4. The van der Waals surface area contributed by atoms with Crippen molar-refractivity contribution in [3.05, 3.63) is 176 Å². The topological polar surface area (TPSA) is 55.3 Å². The summed E-state index contributed by atoms with van der Waals surface area (Å²) in [6.07, 6.45) is 0. The minimum Gasteiger partial charge on any atom is -0.455 e. The van der Waals surface area contributed by atoms with Gasteiger partial charge in [0.25, 0.3) is 0 Å². The van der Waals surface area contributed by atoms with E-state index in [1.54, 1.807) is 0 Å². The van der Waals surface area contributed by atoms with E-state index >= 15 is 0 Å². The predicted octanol–water partition coefficient (Wildman–Crippen LogP) is 13.4. The fourth-order valence-corrected chi connectivity index (χ4v) is 7.73. The lowest BCUT2D eigenvalue weighted by Gasteiger charge is -2.27. The first-order chi connectivity index (χ1) is 26.3. The van der Waals surface area contributed by atoms with E-state index < -0.39 is 0 Å². The molecule has 5 heteroatoms. The smallest absolute Gasteiger partial charge is 0.180 e. The van der Waals surface area contributed by atoms with E-state index in [0.29, 0.717) is 11.4 Å². The second-order valence-electron chi connectivity index (χ2n) is 13.4. The van der Waals surface area contributed by atoms with Crippen LogP contribution in [-0.2, 0) is 0 Å². The molecule has 0 atom stereocenters. The zero-order valence-electron chi connectivity index (χ0n) is 28.4. The molecule has 11 rings (SSSR count). The number of para-hydroxylation sites is 2. The third kappa shape index (κ3) is 4.71. The Labute approximate surface area is 304 Å². The van der Waals surface area contributed by atoms with Crippen molar-refractivity contribution in [2.45, 2.75) is 0 Å². The van der Waals surface area contributed by atoms with E-state index in [1.165, 1.54) is 10.8 Å². The molecule has 0 N–H and O–H groups in total. The van der Waals surface area contributed by atoms with Crippen molar-refractivity contribution in [1.29, 1.82) is 0 Å². The van der Waals surface area contributed by atoms with Gasteiger partial charge in [-0.15, -0.1) is 0 Å². The van der Waals surface area contributed by atoms with E-state index in [4.69, 9.17) is 18.8 Å². The van der Waals surface area contributed by atoms with Crippen molar-refractivity contribution < 1.29 is 8.83 Å². The molecule has 0 spiro atoms. The summed E-state index contributed by atoms with van der Waals surface area (Å²) >= 11 is 0. The number of fused-ring (bicyclic) bond motifs is 9. The molecule has 0 unspecified atom stereocenters. The van der Waals surface area contributed by atoms with Gasteiger partial charge in [-0.3, -0.25) is 0 Å². The number of aromatic nitrogens is 2. The number of anilines is 3. The van der Waals surface area contributed by atoms with Crippen LogP contribution in [0, 0.1) is 0 Å². The van der Waals surface area contributed by atoms with Crippen LogP contribution in [0.1, 0.15) is 0 Å². The lowest BCUT2D eigenvalue weighted by Crippen LogP contribution is -2.10. The van der Waals surface area contributed by atoms with Crippen molar-refractivity contribution >= 4 is 82.6 Å². The van der Waals surface area contributed by atoms with Gasteiger partial charge in [-0.05, 0) is 65.4 Å². The standard InChI is InChI=1S/C48H29N3O2/c1-3-14-31(15-4-1)44-47-45(39-21-11-12-22-42(39)52-47)50-48(49-44)33-24-26-37-40-29-41(36-19-9-10-20-38(36)46(40)53-43(37)28-33)51(34-17-5-2-6-18-34)35-25-23-30-13-7-8-16-32(30)27-35/h1-29H. The summed E-state index contributed by atoms with van der Waals surface area (Å²) < 4.78 is 13.1. The summed E-state index contributed by atoms with van der Waals surface area (Å²) in [5.41, 5.74) is 9.73. The van der Waals surface area contributed by atoms with Crippen molar-refractivity contribution in [2.75, 3.05) is 4.90 Å². The number of benzene rings is 8. The molecule has 0 aliphatic rings. The van der Waals surface area contributed by atoms with Gasteiger partial charge in [-0.1, -0.05) is 121 Å². The van der Waals surface area contributed by atoms with E-state index in [-0.39, 0.29) is 0 Å². The molecule has 0 aliphatic heterocycles. The van der Waals surface area contributed by atoms with E-state index in [0.717, 1.165) is 83.1 Å². The van der Waals surface area contributed by atoms with Gasteiger partial charge in [0.1, 0.15) is 28.0 Å². The zero-order valence-corrected chi connectivity index (χ0v) is 28.4. The Kier molecular flexibility index (Phi) is 6.48. The van der Waals surface area contributed by atoms with Crippen LogP contribution >= 0.6 is 0 Å². The van der Waals surface area contributed by atoms with Gasteiger partial charge in [-0.2, -0.15) is 0 Å². The van der Waals surface area contributed by atoms with Crippen molar-refractivity contribution in [3.63, 3.8) is 0 Å². The maximum atomic E-state index is 6.80. The van der Waals surface area contributed by atoms with Crippen LogP contribution in [0.15, 0.2) is 185 Å². The van der Waals surface area contributed by atoms with Crippen LogP contribution in [0.25, 0.3) is 88.2 Å². The Morgan fingerprint density at radius 3 is 1.94 bits per heavy atom. The number of hydrogen-bond acceptors (Lipinski definition) is 5. The highest BCUT2D eigenvalue weighted by molar-refractivity contribution is 6.20. The normalized spacial score (nSPS) is 11.8. The van der Waals surface area contributed by atoms with Gasteiger partial charge in [0.2, 0.25) is 0 Å². The molecule has 11 aromatic rings. The van der Waals surface area contributed by atoms with Crippen molar-refractivity contribution in [2.24, 2.45) is 0 Å². The minimum atomic E-state index is 0.613. The van der Waals surface area contributed by atoms with Gasteiger partial charge in [0.15, 0.2) is 11.4 Å². The maximum Gasteiger partial charge on any atom is 0.180 e. The van der Waals surface area contributed by atoms with Crippen molar-refractivity contribution in [1.82, 2.24) is 9.97 Å². The molecule has 3 heterocycles. The average Bonchev–Trinajstić information content (AvgIpc) is 3.79. The Balaban J connectivity index is 1.13. The summed E-state index contributed by atoms with van der Waals surface area (Å²) in [5.74, 6) is 0.613. The van der Waals surface area contributed by atoms with E-state index in [1.807, 2.05) is 36.4 Å². The third-order valence-electron chi connectivity index (χ3n) is 10.2. The van der Waals surface area contributed by atoms with E-state index in [2.05, 4.69) is 144 Å². The Morgan fingerprint density at radius 2 is 1.09 bits per heavy atom. The lowest BCUT2D eigenvalue weighted by molar-refractivity contribution is 0.667. The van der Waals surface area contributed by atoms with Gasteiger partial charge in [0, 0.05) is 49.4 Å². The molecule has 5 nitrogen and oxygen atoms in total. The second kappa shape index (κ2) is 11.7. The Hall–Kier alpha value is -7.24. The van der Waals surface area contributed by atoms with Gasteiger partial charge < -0.3 is 13.7 Å². The van der Waals surface area contributed by atoms with Crippen molar-refractivity contribution in [3.8, 4) is 22.6 Å². The average molecular weight is 680 g/mol. The molecule has 248 valence electrons. The fourth-order valence-electron chi connectivity index (χ4n) is 7.73. The highest BCUT2D eigenvalue weighted by Gasteiger charge is 2.22. The molecule has 0 fully saturated rings. The molecular weight excluding hydrogens is 651 g/mol. The number of hydrogen-bond donors (Lipinski definition) is 0. The first-order valence-corrected chi connectivity index (χ1v) is 17.7. The highest BCUT2D eigenvalue weighted by atomic mass is 16.3.